The lowest BCUT2D eigenvalue weighted by atomic mass is 10.0. The fourth-order valence-electron chi connectivity index (χ4n) is 3.58. The van der Waals surface area contributed by atoms with Gasteiger partial charge in [0.15, 0.2) is 0 Å². The maximum atomic E-state index is 13.4. The zero-order chi connectivity index (χ0) is 23.5. The van der Waals surface area contributed by atoms with Crippen LogP contribution in [-0.2, 0) is 22.6 Å². The fourth-order valence-corrected chi connectivity index (χ4v) is 3.85. The molecule has 33 heavy (non-hydrogen) atoms. The van der Waals surface area contributed by atoms with E-state index in [4.69, 9.17) is 4.74 Å². The number of halogens is 1. The lowest BCUT2D eigenvalue weighted by molar-refractivity contribution is -0.141. The van der Waals surface area contributed by atoms with Crippen molar-refractivity contribution >= 4 is 27.7 Å². The van der Waals surface area contributed by atoms with Gasteiger partial charge in [0.25, 0.3) is 0 Å². The summed E-state index contributed by atoms with van der Waals surface area (Å²) < 4.78 is 6.70. The van der Waals surface area contributed by atoms with Crippen LogP contribution in [0.4, 0.5) is 0 Å². The van der Waals surface area contributed by atoms with Crippen molar-refractivity contribution in [3.63, 3.8) is 0 Å². The molecule has 1 N–H and O–H groups in total. The highest BCUT2D eigenvalue weighted by Crippen LogP contribution is 2.18. The molecule has 0 radical (unpaired) electrons. The first kappa shape index (κ1) is 24.5. The third-order valence-electron chi connectivity index (χ3n) is 5.33. The summed E-state index contributed by atoms with van der Waals surface area (Å²) in [6, 6.07) is 26.5. The van der Waals surface area contributed by atoms with Crippen molar-refractivity contribution < 1.29 is 14.3 Å². The molecule has 3 aromatic rings. The van der Waals surface area contributed by atoms with Gasteiger partial charge in [-0.2, -0.15) is 0 Å². The fraction of sp³-hybridized carbons (Fsp3) is 0.259. The van der Waals surface area contributed by atoms with Crippen LogP contribution in [0, 0.1) is 0 Å². The number of carbonyl (C=O) groups is 2. The van der Waals surface area contributed by atoms with Crippen LogP contribution in [0.2, 0.25) is 0 Å². The molecule has 6 heteroatoms. The van der Waals surface area contributed by atoms with Gasteiger partial charge in [-0.25, -0.2) is 0 Å². The summed E-state index contributed by atoms with van der Waals surface area (Å²) in [5, 5.41) is 2.74. The van der Waals surface area contributed by atoms with Crippen LogP contribution in [0.5, 0.6) is 5.75 Å². The molecule has 0 bridgehead atoms. The molecule has 172 valence electrons. The maximum absolute atomic E-state index is 13.4. The summed E-state index contributed by atoms with van der Waals surface area (Å²) in [5.74, 6) is 0.535. The molecule has 1 atom stereocenters. The quantitative estimate of drug-likeness (QED) is 0.371. The SMILES string of the molecule is CNC(=O)[C@H](Cc1ccccc1)N(Cc1ccc(Br)cc1)C(=O)CCCOc1ccccc1. The zero-order valence-corrected chi connectivity index (χ0v) is 20.3. The second-order valence-corrected chi connectivity index (χ2v) is 8.65. The summed E-state index contributed by atoms with van der Waals surface area (Å²) >= 11 is 3.45. The van der Waals surface area contributed by atoms with Gasteiger partial charge < -0.3 is 15.0 Å². The summed E-state index contributed by atoms with van der Waals surface area (Å²) in [5.41, 5.74) is 1.97. The molecule has 0 fully saturated rings. The van der Waals surface area contributed by atoms with Gasteiger partial charge in [0.05, 0.1) is 6.61 Å². The molecule has 3 aromatic carbocycles. The van der Waals surface area contributed by atoms with Crippen molar-refractivity contribution in [2.24, 2.45) is 0 Å². The largest absolute Gasteiger partial charge is 0.494 e. The zero-order valence-electron chi connectivity index (χ0n) is 18.7. The predicted octanol–water partition coefficient (Wildman–Crippen LogP) is 4.99. The third kappa shape index (κ3) is 7.75. The van der Waals surface area contributed by atoms with Crippen molar-refractivity contribution in [2.75, 3.05) is 13.7 Å². The molecule has 2 amide bonds. The lowest BCUT2D eigenvalue weighted by Crippen LogP contribution is -2.49. The second-order valence-electron chi connectivity index (χ2n) is 7.73. The number of carbonyl (C=O) groups excluding carboxylic acids is 2. The van der Waals surface area contributed by atoms with Crippen molar-refractivity contribution in [1.29, 1.82) is 0 Å². The summed E-state index contributed by atoms with van der Waals surface area (Å²) in [4.78, 5) is 27.9. The van der Waals surface area contributed by atoms with Crippen molar-refractivity contribution in [3.8, 4) is 5.75 Å². The molecule has 0 aliphatic heterocycles. The molecular weight excluding hydrogens is 480 g/mol. The highest BCUT2D eigenvalue weighted by molar-refractivity contribution is 9.10. The molecule has 0 aromatic heterocycles. The normalized spacial score (nSPS) is 11.5. The summed E-state index contributed by atoms with van der Waals surface area (Å²) in [6.45, 7) is 0.793. The minimum atomic E-state index is -0.608. The number of likely N-dealkylation sites (N-methyl/N-ethyl adjacent to an activating group) is 1. The van der Waals surface area contributed by atoms with E-state index in [1.807, 2.05) is 84.9 Å². The van der Waals surface area contributed by atoms with Crippen molar-refractivity contribution in [1.82, 2.24) is 10.2 Å². The van der Waals surface area contributed by atoms with Crippen LogP contribution >= 0.6 is 15.9 Å². The molecule has 0 saturated carbocycles. The number of para-hydroxylation sites is 1. The standard InChI is InChI=1S/C27H29BrN2O3/c1-29-27(32)25(19-21-9-4-2-5-10-21)30(20-22-14-16-23(28)17-15-22)26(31)13-8-18-33-24-11-6-3-7-12-24/h2-7,9-12,14-17,25H,8,13,18-20H2,1H3,(H,29,32)/t25-/m0/s1. The van der Waals surface area contributed by atoms with Crippen LogP contribution in [0.25, 0.3) is 0 Å². The Hall–Kier alpha value is -3.12. The number of nitrogens with zero attached hydrogens (tertiary/aromatic N) is 1. The van der Waals surface area contributed by atoms with E-state index in [1.54, 1.807) is 11.9 Å². The predicted molar refractivity (Wildman–Crippen MR) is 134 cm³/mol. The Kier molecular flexibility index (Phi) is 9.51. The van der Waals surface area contributed by atoms with Crippen LogP contribution in [0.1, 0.15) is 24.0 Å². The minimum absolute atomic E-state index is 0.0703. The highest BCUT2D eigenvalue weighted by atomic mass is 79.9. The molecule has 0 aliphatic rings. The van der Waals surface area contributed by atoms with E-state index >= 15 is 0 Å². The van der Waals surface area contributed by atoms with Gasteiger partial charge in [-0.1, -0.05) is 76.6 Å². The Morgan fingerprint density at radius 1 is 0.909 bits per heavy atom. The molecule has 5 nitrogen and oxygen atoms in total. The Balaban J connectivity index is 1.74. The van der Waals surface area contributed by atoms with E-state index in [9.17, 15) is 9.59 Å². The van der Waals surface area contributed by atoms with E-state index in [2.05, 4.69) is 21.2 Å². The average Bonchev–Trinajstić information content (AvgIpc) is 2.86. The number of ether oxygens (including phenoxy) is 1. The molecule has 0 unspecified atom stereocenters. The van der Waals surface area contributed by atoms with Gasteiger partial charge in [-0.15, -0.1) is 0 Å². The van der Waals surface area contributed by atoms with E-state index in [0.29, 0.717) is 32.4 Å². The Bertz CT molecular complexity index is 1010. The van der Waals surface area contributed by atoms with E-state index < -0.39 is 6.04 Å². The minimum Gasteiger partial charge on any atom is -0.494 e. The summed E-state index contributed by atoms with van der Waals surface area (Å²) in [7, 11) is 1.61. The lowest BCUT2D eigenvalue weighted by Gasteiger charge is -2.31. The molecule has 0 aliphatic carbocycles. The molecule has 0 saturated heterocycles. The first-order valence-corrected chi connectivity index (χ1v) is 11.8. The third-order valence-corrected chi connectivity index (χ3v) is 5.86. The van der Waals surface area contributed by atoms with E-state index in [1.165, 1.54) is 0 Å². The number of hydrogen-bond acceptors (Lipinski definition) is 3. The van der Waals surface area contributed by atoms with E-state index in [0.717, 1.165) is 21.3 Å². The molecule has 0 spiro atoms. The van der Waals surface area contributed by atoms with Gasteiger partial charge >= 0.3 is 0 Å². The molecule has 0 heterocycles. The second kappa shape index (κ2) is 12.8. The molecule has 3 rings (SSSR count). The number of nitrogens with one attached hydrogen (secondary N) is 1. The smallest absolute Gasteiger partial charge is 0.242 e. The first-order valence-electron chi connectivity index (χ1n) is 11.0. The van der Waals surface area contributed by atoms with Crippen LogP contribution in [0.15, 0.2) is 89.4 Å². The average molecular weight is 509 g/mol. The van der Waals surface area contributed by atoms with Gasteiger partial charge in [0, 0.05) is 30.9 Å². The van der Waals surface area contributed by atoms with Crippen LogP contribution in [-0.4, -0.2) is 36.4 Å². The van der Waals surface area contributed by atoms with Crippen molar-refractivity contribution in [2.45, 2.75) is 31.8 Å². The summed E-state index contributed by atoms with van der Waals surface area (Å²) in [6.07, 6.45) is 1.31. The van der Waals surface area contributed by atoms with Gasteiger partial charge in [-0.3, -0.25) is 9.59 Å². The Morgan fingerprint density at radius 3 is 2.18 bits per heavy atom. The van der Waals surface area contributed by atoms with Crippen LogP contribution < -0.4 is 10.1 Å². The highest BCUT2D eigenvalue weighted by Gasteiger charge is 2.29. The first-order chi connectivity index (χ1) is 16.1. The monoisotopic (exact) mass is 508 g/mol. The Morgan fingerprint density at radius 2 is 1.55 bits per heavy atom. The van der Waals surface area contributed by atoms with Gasteiger partial charge in [-0.05, 0) is 41.8 Å². The van der Waals surface area contributed by atoms with Gasteiger partial charge in [0.2, 0.25) is 11.8 Å². The van der Waals surface area contributed by atoms with Crippen molar-refractivity contribution in [3.05, 3.63) is 101 Å². The molecular formula is C27H29BrN2O3. The number of amides is 2. The number of hydrogen-bond donors (Lipinski definition) is 1. The number of benzene rings is 3. The van der Waals surface area contributed by atoms with E-state index in [-0.39, 0.29) is 11.8 Å². The van der Waals surface area contributed by atoms with Gasteiger partial charge in [0.1, 0.15) is 11.8 Å². The topological polar surface area (TPSA) is 58.6 Å². The maximum Gasteiger partial charge on any atom is 0.242 e. The Labute approximate surface area is 203 Å². The number of rotatable bonds is 11. The van der Waals surface area contributed by atoms with Crippen LogP contribution in [0.3, 0.4) is 0 Å².